The van der Waals surface area contributed by atoms with Crippen molar-refractivity contribution < 1.29 is 18.7 Å². The molecule has 0 aliphatic heterocycles. The van der Waals surface area contributed by atoms with Gasteiger partial charge in [0.1, 0.15) is 11.5 Å². The number of carbonyl (C=O) groups is 1. The van der Waals surface area contributed by atoms with Gasteiger partial charge in [0.25, 0.3) is 5.22 Å². The first-order valence-corrected chi connectivity index (χ1v) is 7.99. The van der Waals surface area contributed by atoms with Gasteiger partial charge in [0.2, 0.25) is 11.8 Å². The number of nitrogens with one attached hydrogen (secondary N) is 1. The number of nitrogens with zero attached hydrogens (tertiary/aromatic N) is 2. The highest BCUT2D eigenvalue weighted by molar-refractivity contribution is 7.99. The Bertz CT molecular complexity index is 650. The van der Waals surface area contributed by atoms with Crippen molar-refractivity contribution >= 4 is 17.7 Å². The van der Waals surface area contributed by atoms with Gasteiger partial charge in [-0.25, -0.2) is 0 Å². The number of methoxy groups -OCH3 is 2. The number of hydrogen-bond acceptors (Lipinski definition) is 7. The molecule has 0 spiro atoms. The molecule has 8 heteroatoms. The first kappa shape index (κ1) is 17.1. The number of hydrogen-bond donors (Lipinski definition) is 1. The summed E-state index contributed by atoms with van der Waals surface area (Å²) in [5.74, 6) is 1.74. The zero-order chi connectivity index (χ0) is 16.8. The number of carbonyl (C=O) groups excluding carboxylic acids is 1. The first-order chi connectivity index (χ1) is 11.0. The highest BCUT2D eigenvalue weighted by atomic mass is 32.2. The maximum absolute atomic E-state index is 11.6. The van der Waals surface area contributed by atoms with Crippen molar-refractivity contribution in [2.24, 2.45) is 0 Å². The smallest absolute Gasteiger partial charge is 0.277 e. The van der Waals surface area contributed by atoms with Crippen molar-refractivity contribution in [3.8, 4) is 23.0 Å². The predicted molar refractivity (Wildman–Crippen MR) is 86.8 cm³/mol. The number of ether oxygens (including phenoxy) is 2. The fraction of sp³-hybridized carbons (Fsp3) is 0.400. The summed E-state index contributed by atoms with van der Waals surface area (Å²) in [5, 5.41) is 11.1. The van der Waals surface area contributed by atoms with Crippen LogP contribution in [0.2, 0.25) is 0 Å². The normalized spacial score (nSPS) is 10.7. The molecule has 1 aromatic heterocycles. The second-order valence-corrected chi connectivity index (χ2v) is 5.91. The Morgan fingerprint density at radius 2 is 1.87 bits per heavy atom. The van der Waals surface area contributed by atoms with E-state index in [4.69, 9.17) is 13.9 Å². The van der Waals surface area contributed by atoms with Gasteiger partial charge in [-0.15, -0.1) is 10.2 Å². The number of amides is 1. The minimum Gasteiger partial charge on any atom is -0.497 e. The van der Waals surface area contributed by atoms with Gasteiger partial charge in [0.05, 0.1) is 20.0 Å². The van der Waals surface area contributed by atoms with Crippen LogP contribution >= 0.6 is 11.8 Å². The van der Waals surface area contributed by atoms with E-state index in [0.717, 1.165) is 0 Å². The zero-order valence-electron chi connectivity index (χ0n) is 13.5. The summed E-state index contributed by atoms with van der Waals surface area (Å²) >= 11 is 1.19. The summed E-state index contributed by atoms with van der Waals surface area (Å²) in [6.45, 7) is 3.81. The molecule has 23 heavy (non-hydrogen) atoms. The minimum absolute atomic E-state index is 0.0761. The van der Waals surface area contributed by atoms with Gasteiger partial charge in [-0.05, 0) is 26.0 Å². The summed E-state index contributed by atoms with van der Waals surface area (Å²) in [5.41, 5.74) is 0.687. The van der Waals surface area contributed by atoms with E-state index in [9.17, 15) is 4.79 Å². The fourth-order valence-corrected chi connectivity index (χ4v) is 2.38. The fourth-order valence-electron chi connectivity index (χ4n) is 1.81. The van der Waals surface area contributed by atoms with E-state index in [0.29, 0.717) is 28.2 Å². The van der Waals surface area contributed by atoms with E-state index in [1.807, 2.05) is 13.8 Å². The van der Waals surface area contributed by atoms with E-state index in [1.54, 1.807) is 32.4 Å². The number of thioether (sulfide) groups is 1. The highest BCUT2D eigenvalue weighted by Crippen LogP contribution is 2.30. The monoisotopic (exact) mass is 337 g/mol. The van der Waals surface area contributed by atoms with Gasteiger partial charge < -0.3 is 19.2 Å². The lowest BCUT2D eigenvalue weighted by Gasteiger charge is -2.06. The van der Waals surface area contributed by atoms with Crippen LogP contribution in [0.3, 0.4) is 0 Å². The molecule has 1 heterocycles. The molecule has 0 bridgehead atoms. The van der Waals surface area contributed by atoms with Crippen molar-refractivity contribution in [1.29, 1.82) is 0 Å². The maximum Gasteiger partial charge on any atom is 0.277 e. The Morgan fingerprint density at radius 1 is 1.22 bits per heavy atom. The van der Waals surface area contributed by atoms with Crippen LogP contribution in [-0.4, -0.2) is 42.1 Å². The average molecular weight is 337 g/mol. The molecule has 0 saturated carbocycles. The van der Waals surface area contributed by atoms with Crippen LogP contribution in [0.25, 0.3) is 11.5 Å². The quantitative estimate of drug-likeness (QED) is 0.776. The molecule has 1 aromatic carbocycles. The van der Waals surface area contributed by atoms with Crippen LogP contribution in [-0.2, 0) is 4.79 Å². The molecule has 0 atom stereocenters. The molecule has 0 aliphatic rings. The van der Waals surface area contributed by atoms with Crippen LogP contribution in [0.1, 0.15) is 13.8 Å². The summed E-state index contributed by atoms with van der Waals surface area (Å²) in [6, 6.07) is 5.41. The van der Waals surface area contributed by atoms with Crippen molar-refractivity contribution in [3.63, 3.8) is 0 Å². The molecule has 124 valence electrons. The topological polar surface area (TPSA) is 86.5 Å². The summed E-state index contributed by atoms with van der Waals surface area (Å²) in [6.07, 6.45) is 0. The van der Waals surface area contributed by atoms with Gasteiger partial charge in [-0.3, -0.25) is 4.79 Å². The Labute approximate surface area is 138 Å². The molecule has 1 N–H and O–H groups in total. The Morgan fingerprint density at radius 3 is 2.43 bits per heavy atom. The number of rotatable bonds is 7. The molecule has 0 aliphatic carbocycles. The summed E-state index contributed by atoms with van der Waals surface area (Å²) in [7, 11) is 3.14. The average Bonchev–Trinajstić information content (AvgIpc) is 3.00. The molecular weight excluding hydrogens is 318 g/mol. The molecule has 2 aromatic rings. The standard InChI is InChI=1S/C15H19N3O4S/c1-9(2)16-13(19)8-23-15-18-17-14(22-15)10-5-11(20-3)7-12(6-10)21-4/h5-7,9H,8H2,1-4H3,(H,16,19). The maximum atomic E-state index is 11.6. The van der Waals surface area contributed by atoms with Crippen LogP contribution in [0, 0.1) is 0 Å². The van der Waals surface area contributed by atoms with Crippen LogP contribution in [0.4, 0.5) is 0 Å². The lowest BCUT2D eigenvalue weighted by Crippen LogP contribution is -2.31. The molecule has 0 saturated heterocycles. The third-order valence-electron chi connectivity index (χ3n) is 2.78. The van der Waals surface area contributed by atoms with Gasteiger partial charge in [0, 0.05) is 17.7 Å². The second kappa shape index (κ2) is 7.87. The molecule has 0 unspecified atom stereocenters. The Kier molecular flexibility index (Phi) is 5.86. The molecule has 0 radical (unpaired) electrons. The molecule has 1 amide bonds. The van der Waals surface area contributed by atoms with Crippen molar-refractivity contribution in [2.75, 3.05) is 20.0 Å². The number of aromatic nitrogens is 2. The summed E-state index contributed by atoms with van der Waals surface area (Å²) in [4.78, 5) is 11.6. The summed E-state index contributed by atoms with van der Waals surface area (Å²) < 4.78 is 16.0. The molecule has 0 fully saturated rings. The Balaban J connectivity index is 2.08. The SMILES string of the molecule is COc1cc(OC)cc(-c2nnc(SCC(=O)NC(C)C)o2)c1. The van der Waals surface area contributed by atoms with Gasteiger partial charge in [0.15, 0.2) is 0 Å². The van der Waals surface area contributed by atoms with Crippen LogP contribution in [0.5, 0.6) is 11.5 Å². The molecule has 2 rings (SSSR count). The van der Waals surface area contributed by atoms with Crippen molar-refractivity contribution in [3.05, 3.63) is 18.2 Å². The largest absolute Gasteiger partial charge is 0.497 e. The lowest BCUT2D eigenvalue weighted by molar-refractivity contribution is -0.119. The van der Waals surface area contributed by atoms with Gasteiger partial charge in [-0.1, -0.05) is 11.8 Å². The lowest BCUT2D eigenvalue weighted by atomic mass is 10.2. The molecular formula is C15H19N3O4S. The van der Waals surface area contributed by atoms with E-state index in [1.165, 1.54) is 11.8 Å². The van der Waals surface area contributed by atoms with E-state index < -0.39 is 0 Å². The van der Waals surface area contributed by atoms with E-state index in [-0.39, 0.29) is 17.7 Å². The first-order valence-electron chi connectivity index (χ1n) is 7.01. The second-order valence-electron chi connectivity index (χ2n) is 4.99. The van der Waals surface area contributed by atoms with E-state index >= 15 is 0 Å². The minimum atomic E-state index is -0.0761. The third-order valence-corrected chi connectivity index (χ3v) is 3.60. The third kappa shape index (κ3) is 4.88. The zero-order valence-corrected chi connectivity index (χ0v) is 14.3. The van der Waals surface area contributed by atoms with Crippen LogP contribution in [0.15, 0.2) is 27.8 Å². The highest BCUT2D eigenvalue weighted by Gasteiger charge is 2.13. The van der Waals surface area contributed by atoms with Gasteiger partial charge >= 0.3 is 0 Å². The van der Waals surface area contributed by atoms with Crippen molar-refractivity contribution in [1.82, 2.24) is 15.5 Å². The van der Waals surface area contributed by atoms with Crippen molar-refractivity contribution in [2.45, 2.75) is 25.1 Å². The predicted octanol–water partition coefficient (Wildman–Crippen LogP) is 2.37. The van der Waals surface area contributed by atoms with Gasteiger partial charge in [-0.2, -0.15) is 0 Å². The molecule has 7 nitrogen and oxygen atoms in total. The van der Waals surface area contributed by atoms with E-state index in [2.05, 4.69) is 15.5 Å². The number of benzene rings is 1. The Hall–Kier alpha value is -2.22. The van der Waals surface area contributed by atoms with Crippen LogP contribution < -0.4 is 14.8 Å².